The van der Waals surface area contributed by atoms with Crippen molar-refractivity contribution in [3.05, 3.63) is 58.3 Å². The lowest BCUT2D eigenvalue weighted by atomic mass is 10.2. The van der Waals surface area contributed by atoms with Crippen molar-refractivity contribution in [3.8, 4) is 0 Å². The van der Waals surface area contributed by atoms with Crippen molar-refractivity contribution in [2.24, 2.45) is 0 Å². The molecule has 1 fully saturated rings. The minimum atomic E-state index is -3.72. The molecule has 1 atom stereocenters. The Balaban J connectivity index is 1.84. The molecule has 2 aromatic rings. The first-order valence-electron chi connectivity index (χ1n) is 7.87. The van der Waals surface area contributed by atoms with E-state index in [4.69, 9.17) is 0 Å². The lowest BCUT2D eigenvalue weighted by Crippen LogP contribution is -2.54. The summed E-state index contributed by atoms with van der Waals surface area (Å²) in [5.41, 5.74) is -0.0738. The van der Waals surface area contributed by atoms with Crippen LogP contribution in [0.2, 0.25) is 0 Å². The Kier molecular flexibility index (Phi) is 5.32. The summed E-state index contributed by atoms with van der Waals surface area (Å²) in [7, 11) is -3.72. The maximum atomic E-state index is 14.0. The van der Waals surface area contributed by atoms with Gasteiger partial charge in [-0.25, -0.2) is 21.6 Å². The normalized spacial score (nSPS) is 19.0. The minimum absolute atomic E-state index is 0.0738. The average Bonchev–Trinajstić information content (AvgIpc) is 2.58. The topological polar surface area (TPSA) is 40.6 Å². The van der Waals surface area contributed by atoms with Crippen LogP contribution >= 0.6 is 15.9 Å². The van der Waals surface area contributed by atoms with Gasteiger partial charge in [-0.3, -0.25) is 0 Å². The Labute approximate surface area is 158 Å². The van der Waals surface area contributed by atoms with Crippen molar-refractivity contribution in [2.45, 2.75) is 17.9 Å². The minimum Gasteiger partial charge on any atom is -0.366 e. The molecule has 1 aliphatic rings. The Hall–Kier alpha value is -1.58. The van der Waals surface area contributed by atoms with Crippen molar-refractivity contribution in [1.82, 2.24) is 4.31 Å². The molecule has 3 rings (SSSR count). The van der Waals surface area contributed by atoms with Gasteiger partial charge in [-0.05, 0) is 25.1 Å². The first-order valence-corrected chi connectivity index (χ1v) is 10.1. The Morgan fingerprint density at radius 3 is 2.38 bits per heavy atom. The van der Waals surface area contributed by atoms with Crippen molar-refractivity contribution in [3.63, 3.8) is 0 Å². The van der Waals surface area contributed by atoms with E-state index in [9.17, 15) is 21.6 Å². The van der Waals surface area contributed by atoms with Gasteiger partial charge in [-0.2, -0.15) is 4.31 Å². The fourth-order valence-corrected chi connectivity index (χ4v) is 5.24. The highest BCUT2D eigenvalue weighted by Gasteiger charge is 2.34. The SMILES string of the molecule is C[C@@H]1CN(c2cc(F)c(F)cc2F)CCN1S(=O)(=O)c1cccc(Br)c1. The predicted molar refractivity (Wildman–Crippen MR) is 96.0 cm³/mol. The summed E-state index contributed by atoms with van der Waals surface area (Å²) in [5, 5.41) is 0. The summed E-state index contributed by atoms with van der Waals surface area (Å²) in [6, 6.07) is 7.22. The lowest BCUT2D eigenvalue weighted by Gasteiger charge is -2.40. The van der Waals surface area contributed by atoms with Crippen LogP contribution in [0.3, 0.4) is 0 Å². The molecule has 1 saturated heterocycles. The Morgan fingerprint density at radius 1 is 1.04 bits per heavy atom. The summed E-state index contributed by atoms with van der Waals surface area (Å²) in [6.07, 6.45) is 0. The van der Waals surface area contributed by atoms with Gasteiger partial charge < -0.3 is 4.90 Å². The van der Waals surface area contributed by atoms with Crippen LogP contribution in [0.1, 0.15) is 6.92 Å². The van der Waals surface area contributed by atoms with Gasteiger partial charge >= 0.3 is 0 Å². The van der Waals surface area contributed by atoms with E-state index < -0.39 is 33.5 Å². The van der Waals surface area contributed by atoms with Crippen LogP contribution in [0.5, 0.6) is 0 Å². The van der Waals surface area contributed by atoms with Gasteiger partial charge in [0.25, 0.3) is 0 Å². The molecular weight excluding hydrogens is 433 g/mol. The second-order valence-corrected chi connectivity index (χ2v) is 8.89. The monoisotopic (exact) mass is 448 g/mol. The summed E-state index contributed by atoms with van der Waals surface area (Å²) in [6.45, 7) is 2.13. The molecular formula is C17H16BrF3N2O2S. The molecule has 0 aliphatic carbocycles. The molecule has 2 aromatic carbocycles. The fraction of sp³-hybridized carbons (Fsp3) is 0.294. The van der Waals surface area contributed by atoms with Gasteiger partial charge in [0.05, 0.1) is 10.6 Å². The molecule has 4 nitrogen and oxygen atoms in total. The number of benzene rings is 2. The second kappa shape index (κ2) is 7.21. The molecule has 1 heterocycles. The first kappa shape index (κ1) is 19.2. The zero-order chi connectivity index (χ0) is 19.1. The average molecular weight is 449 g/mol. The van der Waals surface area contributed by atoms with E-state index in [-0.39, 0.29) is 30.2 Å². The van der Waals surface area contributed by atoms with Crippen LogP contribution in [0.25, 0.3) is 0 Å². The van der Waals surface area contributed by atoms with Gasteiger partial charge in [0.15, 0.2) is 11.6 Å². The molecule has 0 amide bonds. The largest absolute Gasteiger partial charge is 0.366 e. The smallest absolute Gasteiger partial charge is 0.243 e. The maximum absolute atomic E-state index is 14.0. The molecule has 9 heteroatoms. The third-order valence-corrected chi connectivity index (χ3v) is 6.80. The highest BCUT2D eigenvalue weighted by atomic mass is 79.9. The van der Waals surface area contributed by atoms with Crippen molar-refractivity contribution >= 4 is 31.6 Å². The number of halogens is 4. The predicted octanol–water partition coefficient (Wildman–Crippen LogP) is 3.77. The number of hydrogen-bond acceptors (Lipinski definition) is 3. The highest BCUT2D eigenvalue weighted by Crippen LogP contribution is 2.28. The van der Waals surface area contributed by atoms with Gasteiger partial charge in [-0.1, -0.05) is 22.0 Å². The Morgan fingerprint density at radius 2 is 1.73 bits per heavy atom. The van der Waals surface area contributed by atoms with Crippen LogP contribution in [0.4, 0.5) is 18.9 Å². The molecule has 26 heavy (non-hydrogen) atoms. The van der Waals surface area contributed by atoms with Crippen LogP contribution in [-0.2, 0) is 10.0 Å². The maximum Gasteiger partial charge on any atom is 0.243 e. The molecule has 0 radical (unpaired) electrons. The molecule has 0 aromatic heterocycles. The van der Waals surface area contributed by atoms with Crippen molar-refractivity contribution in [2.75, 3.05) is 24.5 Å². The summed E-state index contributed by atoms with van der Waals surface area (Å²) in [5.74, 6) is -3.27. The van der Waals surface area contributed by atoms with Crippen molar-refractivity contribution in [1.29, 1.82) is 0 Å². The van der Waals surface area contributed by atoms with E-state index in [1.54, 1.807) is 19.1 Å². The second-order valence-electron chi connectivity index (χ2n) is 6.09. The zero-order valence-corrected chi connectivity index (χ0v) is 16.2. The number of rotatable bonds is 3. The first-order chi connectivity index (χ1) is 12.2. The molecule has 0 bridgehead atoms. The van der Waals surface area contributed by atoms with E-state index in [1.807, 2.05) is 0 Å². The van der Waals surface area contributed by atoms with Crippen molar-refractivity contribution < 1.29 is 21.6 Å². The Bertz CT molecular complexity index is 940. The van der Waals surface area contributed by atoms with E-state index in [1.165, 1.54) is 21.3 Å². The molecule has 0 saturated carbocycles. The summed E-state index contributed by atoms with van der Waals surface area (Å²) in [4.78, 5) is 1.68. The number of piperazine rings is 1. The molecule has 140 valence electrons. The van der Waals surface area contributed by atoms with Crippen LogP contribution in [-0.4, -0.2) is 38.4 Å². The lowest BCUT2D eigenvalue weighted by molar-refractivity contribution is 0.305. The van der Waals surface area contributed by atoms with Gasteiger partial charge in [-0.15, -0.1) is 0 Å². The number of sulfonamides is 1. The van der Waals surface area contributed by atoms with Crippen LogP contribution in [0, 0.1) is 17.5 Å². The van der Waals surface area contributed by atoms with Gasteiger partial charge in [0.1, 0.15) is 5.82 Å². The third-order valence-electron chi connectivity index (χ3n) is 4.30. The summed E-state index contributed by atoms with van der Waals surface area (Å²) < 4.78 is 68.3. The van der Waals surface area contributed by atoms with E-state index in [0.717, 1.165) is 6.07 Å². The van der Waals surface area contributed by atoms with Gasteiger partial charge in [0.2, 0.25) is 10.0 Å². The number of hydrogen-bond donors (Lipinski definition) is 0. The molecule has 0 spiro atoms. The molecule has 1 aliphatic heterocycles. The van der Waals surface area contributed by atoms with E-state index >= 15 is 0 Å². The van der Waals surface area contributed by atoms with Crippen LogP contribution < -0.4 is 4.90 Å². The highest BCUT2D eigenvalue weighted by molar-refractivity contribution is 9.10. The third kappa shape index (κ3) is 3.60. The van der Waals surface area contributed by atoms with Crippen LogP contribution in [0.15, 0.2) is 45.8 Å². The number of anilines is 1. The zero-order valence-electron chi connectivity index (χ0n) is 13.8. The molecule has 0 unspecified atom stereocenters. The fourth-order valence-electron chi connectivity index (χ4n) is 3.03. The van der Waals surface area contributed by atoms with E-state index in [0.29, 0.717) is 10.5 Å². The quantitative estimate of drug-likeness (QED) is 0.671. The summed E-state index contributed by atoms with van der Waals surface area (Å²) >= 11 is 3.26. The molecule has 0 N–H and O–H groups in total. The standard InChI is InChI=1S/C17H16BrF3N2O2S/c1-11-10-22(17-9-15(20)14(19)8-16(17)21)5-6-23(11)26(24,25)13-4-2-3-12(18)7-13/h2-4,7-9,11H,5-6,10H2,1H3/t11-/m1/s1. The van der Waals surface area contributed by atoms with E-state index in [2.05, 4.69) is 15.9 Å². The number of nitrogens with zero attached hydrogens (tertiary/aromatic N) is 2. The van der Waals surface area contributed by atoms with Gasteiger partial charge in [0, 0.05) is 42.3 Å².